The molecule has 0 amide bonds. The first kappa shape index (κ1) is 16.7. The lowest BCUT2D eigenvalue weighted by Gasteiger charge is -2.38. The van der Waals surface area contributed by atoms with Crippen LogP contribution in [0.5, 0.6) is 0 Å². The van der Waals surface area contributed by atoms with E-state index in [9.17, 15) is 8.42 Å². The normalized spacial score (nSPS) is 27.5. The van der Waals surface area contributed by atoms with Crippen molar-refractivity contribution >= 4 is 21.1 Å². The van der Waals surface area contributed by atoms with E-state index in [0.717, 1.165) is 61.4 Å². The molecule has 2 aromatic heterocycles. The van der Waals surface area contributed by atoms with Crippen molar-refractivity contribution in [1.82, 2.24) is 14.9 Å². The van der Waals surface area contributed by atoms with Crippen LogP contribution in [0.1, 0.15) is 69.4 Å². The van der Waals surface area contributed by atoms with Gasteiger partial charge in [-0.3, -0.25) is 0 Å². The molecule has 26 heavy (non-hydrogen) atoms. The van der Waals surface area contributed by atoms with E-state index in [4.69, 9.17) is 4.52 Å². The molecule has 2 aromatic rings. The summed E-state index contributed by atoms with van der Waals surface area (Å²) >= 11 is 0. The van der Waals surface area contributed by atoms with E-state index < -0.39 is 10.0 Å². The van der Waals surface area contributed by atoms with Gasteiger partial charge in [-0.1, -0.05) is 24.4 Å². The smallest absolute Gasteiger partial charge is 0.258 e. The maximum atomic E-state index is 12.8. The van der Waals surface area contributed by atoms with Crippen molar-refractivity contribution in [2.75, 3.05) is 0 Å². The molecule has 0 spiro atoms. The molecule has 0 atom stereocenters. The second-order valence-electron chi connectivity index (χ2n) is 8.29. The molecule has 0 unspecified atom stereocenters. The van der Waals surface area contributed by atoms with Gasteiger partial charge in [0, 0.05) is 12.0 Å². The highest BCUT2D eigenvalue weighted by Gasteiger charge is 2.33. The van der Waals surface area contributed by atoms with Gasteiger partial charge in [-0.2, -0.15) is 0 Å². The fourth-order valence-corrected chi connectivity index (χ4v) is 5.81. The predicted octanol–water partition coefficient (Wildman–Crippen LogP) is 3.74. The summed E-state index contributed by atoms with van der Waals surface area (Å²) < 4.78 is 33.8. The Balaban J connectivity index is 1.31. The van der Waals surface area contributed by atoms with Crippen molar-refractivity contribution < 1.29 is 12.9 Å². The molecular weight excluding hydrogens is 350 g/mol. The average Bonchev–Trinajstić information content (AvgIpc) is 3.33. The zero-order valence-corrected chi connectivity index (χ0v) is 15.7. The Morgan fingerprint density at radius 1 is 1.00 bits per heavy atom. The molecule has 1 N–H and O–H groups in total. The fourth-order valence-electron chi connectivity index (χ4n) is 4.54. The van der Waals surface area contributed by atoms with Crippen LogP contribution in [0.25, 0.3) is 11.1 Å². The number of hydrogen-bond acceptors (Lipinski definition) is 5. The average molecular weight is 375 g/mol. The minimum atomic E-state index is -3.56. The minimum absolute atomic E-state index is 0.0393. The van der Waals surface area contributed by atoms with Crippen LogP contribution in [0.2, 0.25) is 0 Å². The molecule has 7 heteroatoms. The first-order chi connectivity index (χ1) is 12.6. The number of pyridine rings is 1. The molecule has 3 aliphatic rings. The number of hydrogen-bond donors (Lipinski definition) is 1. The van der Waals surface area contributed by atoms with Crippen LogP contribution < -0.4 is 4.72 Å². The number of rotatable bonds is 5. The fraction of sp³-hybridized carbons (Fsp3) is 0.684. The van der Waals surface area contributed by atoms with Gasteiger partial charge in [0.05, 0.1) is 17.3 Å². The SMILES string of the molecule is O=S(=O)(NC1CCC(C2CCC2)CC1)c1cnc2onc(C3CC3)c2c1. The summed E-state index contributed by atoms with van der Waals surface area (Å²) in [5, 5.41) is 4.82. The van der Waals surface area contributed by atoms with E-state index in [1.165, 1.54) is 25.5 Å². The second kappa shape index (κ2) is 6.30. The van der Waals surface area contributed by atoms with Crippen molar-refractivity contribution in [3.8, 4) is 0 Å². The Morgan fingerprint density at radius 2 is 1.73 bits per heavy atom. The Labute approximate surface area is 153 Å². The van der Waals surface area contributed by atoms with Crippen molar-refractivity contribution in [3.63, 3.8) is 0 Å². The molecule has 3 aliphatic carbocycles. The molecule has 0 radical (unpaired) electrons. The van der Waals surface area contributed by atoms with Gasteiger partial charge in [0.1, 0.15) is 4.90 Å². The number of fused-ring (bicyclic) bond motifs is 1. The van der Waals surface area contributed by atoms with E-state index in [-0.39, 0.29) is 10.9 Å². The van der Waals surface area contributed by atoms with Crippen LogP contribution in [-0.4, -0.2) is 24.6 Å². The highest BCUT2D eigenvalue weighted by atomic mass is 32.2. The number of sulfonamides is 1. The highest BCUT2D eigenvalue weighted by Crippen LogP contribution is 2.43. The molecule has 0 saturated heterocycles. The molecule has 0 aliphatic heterocycles. The predicted molar refractivity (Wildman–Crippen MR) is 97.2 cm³/mol. The van der Waals surface area contributed by atoms with Crippen molar-refractivity contribution in [3.05, 3.63) is 18.0 Å². The molecular formula is C19H25N3O3S. The van der Waals surface area contributed by atoms with E-state index in [1.807, 2.05) is 0 Å². The Kier molecular flexibility index (Phi) is 4.05. The standard InChI is InChI=1S/C19H25N3O3S/c23-26(24,22-15-8-6-13(7-9-15)12-2-1-3-12)16-10-17-18(14-4-5-14)21-25-19(17)20-11-16/h10-15,22H,1-9H2. The van der Waals surface area contributed by atoms with Gasteiger partial charge in [-0.25, -0.2) is 18.1 Å². The van der Waals surface area contributed by atoms with Crippen LogP contribution >= 0.6 is 0 Å². The summed E-state index contributed by atoms with van der Waals surface area (Å²) in [5.41, 5.74) is 1.28. The molecule has 2 heterocycles. The monoisotopic (exact) mass is 375 g/mol. The first-order valence-corrected chi connectivity index (χ1v) is 11.4. The molecule has 140 valence electrons. The third-order valence-electron chi connectivity index (χ3n) is 6.52. The minimum Gasteiger partial charge on any atom is -0.336 e. The third-order valence-corrected chi connectivity index (χ3v) is 8.00. The third kappa shape index (κ3) is 3.05. The maximum absolute atomic E-state index is 12.8. The number of nitrogens with zero attached hydrogens (tertiary/aromatic N) is 2. The van der Waals surface area contributed by atoms with Gasteiger partial charge in [-0.05, 0) is 56.4 Å². The summed E-state index contributed by atoms with van der Waals surface area (Å²) in [6, 6.07) is 1.71. The highest BCUT2D eigenvalue weighted by molar-refractivity contribution is 7.89. The maximum Gasteiger partial charge on any atom is 0.258 e. The zero-order valence-electron chi connectivity index (χ0n) is 14.9. The lowest BCUT2D eigenvalue weighted by Crippen LogP contribution is -2.39. The largest absolute Gasteiger partial charge is 0.336 e. The molecule has 6 nitrogen and oxygen atoms in total. The van der Waals surface area contributed by atoms with Gasteiger partial charge in [0.15, 0.2) is 0 Å². The Hall–Kier alpha value is -1.47. The summed E-state index contributed by atoms with van der Waals surface area (Å²) in [6.45, 7) is 0. The molecule has 3 fully saturated rings. The molecule has 5 rings (SSSR count). The second-order valence-corrected chi connectivity index (χ2v) is 10.0. The van der Waals surface area contributed by atoms with E-state index in [2.05, 4.69) is 14.9 Å². The number of aromatic nitrogens is 2. The van der Waals surface area contributed by atoms with Crippen molar-refractivity contribution in [2.45, 2.75) is 74.6 Å². The summed E-state index contributed by atoms with van der Waals surface area (Å²) in [5.74, 6) is 2.10. The lowest BCUT2D eigenvalue weighted by molar-refractivity contribution is 0.151. The van der Waals surface area contributed by atoms with Crippen LogP contribution in [-0.2, 0) is 10.0 Å². The van der Waals surface area contributed by atoms with Crippen LogP contribution in [0.15, 0.2) is 21.7 Å². The number of nitrogens with one attached hydrogen (secondary N) is 1. The summed E-state index contributed by atoms with van der Waals surface area (Å²) in [7, 11) is -3.56. The van der Waals surface area contributed by atoms with Gasteiger partial charge in [0.25, 0.3) is 5.71 Å². The van der Waals surface area contributed by atoms with Crippen molar-refractivity contribution in [2.24, 2.45) is 11.8 Å². The summed E-state index contributed by atoms with van der Waals surface area (Å²) in [4.78, 5) is 4.40. The first-order valence-electron chi connectivity index (χ1n) is 9.88. The molecule has 0 bridgehead atoms. The van der Waals surface area contributed by atoms with Gasteiger partial charge >= 0.3 is 0 Å². The molecule has 0 aromatic carbocycles. The van der Waals surface area contributed by atoms with Crippen LogP contribution in [0.3, 0.4) is 0 Å². The van der Waals surface area contributed by atoms with E-state index >= 15 is 0 Å². The van der Waals surface area contributed by atoms with Crippen LogP contribution in [0.4, 0.5) is 0 Å². The Bertz CT molecular complexity index is 907. The van der Waals surface area contributed by atoms with Crippen molar-refractivity contribution in [1.29, 1.82) is 0 Å². The Morgan fingerprint density at radius 3 is 2.38 bits per heavy atom. The zero-order chi connectivity index (χ0) is 17.7. The lowest BCUT2D eigenvalue weighted by atomic mass is 9.69. The van der Waals surface area contributed by atoms with E-state index in [1.54, 1.807) is 6.07 Å². The quantitative estimate of drug-likeness (QED) is 0.860. The van der Waals surface area contributed by atoms with E-state index in [0.29, 0.717) is 11.6 Å². The van der Waals surface area contributed by atoms with Gasteiger partial charge in [0.2, 0.25) is 10.0 Å². The molecule has 3 saturated carbocycles. The summed E-state index contributed by atoms with van der Waals surface area (Å²) in [6.07, 6.45) is 11.8. The topological polar surface area (TPSA) is 85.1 Å². The van der Waals surface area contributed by atoms with Gasteiger partial charge < -0.3 is 4.52 Å². The van der Waals surface area contributed by atoms with Gasteiger partial charge in [-0.15, -0.1) is 0 Å². The van der Waals surface area contributed by atoms with Crippen LogP contribution in [0, 0.1) is 11.8 Å².